The average molecular weight is 405 g/mol. The van der Waals surface area contributed by atoms with Crippen LogP contribution in [0.15, 0.2) is 42.7 Å². The summed E-state index contributed by atoms with van der Waals surface area (Å²) in [4.78, 5) is 39.8. The second-order valence-electron chi connectivity index (χ2n) is 7.53. The van der Waals surface area contributed by atoms with Crippen molar-refractivity contribution in [2.45, 2.75) is 24.2 Å². The van der Waals surface area contributed by atoms with Gasteiger partial charge in [0.25, 0.3) is 0 Å². The molecule has 3 amide bonds. The number of esters is 1. The molecule has 1 unspecified atom stereocenters. The molecule has 2 fully saturated rings. The lowest BCUT2D eigenvalue weighted by atomic mass is 9.99. The predicted octanol–water partition coefficient (Wildman–Crippen LogP) is 1.71. The van der Waals surface area contributed by atoms with Gasteiger partial charge in [-0.05, 0) is 42.0 Å². The van der Waals surface area contributed by atoms with Crippen molar-refractivity contribution in [2.75, 3.05) is 13.7 Å². The van der Waals surface area contributed by atoms with Crippen LogP contribution in [0.1, 0.15) is 51.4 Å². The third kappa shape index (κ3) is 3.08. The van der Waals surface area contributed by atoms with Crippen LogP contribution in [0.25, 0.3) is 5.65 Å². The quantitative estimate of drug-likeness (QED) is 0.639. The van der Waals surface area contributed by atoms with Crippen LogP contribution >= 0.6 is 0 Å². The molecule has 152 valence electrons. The first kappa shape index (κ1) is 18.3. The minimum absolute atomic E-state index is 0.209. The number of methoxy groups -OCH3 is 1. The number of nitrogens with one attached hydrogen (secondary N) is 2. The van der Waals surface area contributed by atoms with E-state index in [0.717, 1.165) is 23.2 Å². The zero-order valence-corrected chi connectivity index (χ0v) is 16.2. The number of hydrogen-bond acceptors (Lipinski definition) is 6. The van der Waals surface area contributed by atoms with Crippen molar-refractivity contribution in [1.29, 1.82) is 0 Å². The molecule has 5 rings (SSSR count). The van der Waals surface area contributed by atoms with Crippen molar-refractivity contribution in [1.82, 2.24) is 25.2 Å². The molecule has 1 aromatic carbocycles. The van der Waals surface area contributed by atoms with Crippen LogP contribution in [0.3, 0.4) is 0 Å². The van der Waals surface area contributed by atoms with E-state index in [1.807, 2.05) is 18.2 Å². The van der Waals surface area contributed by atoms with Crippen molar-refractivity contribution >= 4 is 23.6 Å². The fourth-order valence-electron chi connectivity index (χ4n) is 4.07. The van der Waals surface area contributed by atoms with Crippen LogP contribution in [0, 0.1) is 0 Å². The second kappa shape index (κ2) is 6.94. The van der Waals surface area contributed by atoms with Gasteiger partial charge in [0.2, 0.25) is 5.91 Å². The van der Waals surface area contributed by atoms with Gasteiger partial charge in [0.15, 0.2) is 5.65 Å². The first-order valence-corrected chi connectivity index (χ1v) is 9.66. The third-order valence-corrected chi connectivity index (χ3v) is 5.73. The van der Waals surface area contributed by atoms with E-state index in [-0.39, 0.29) is 24.3 Å². The molecule has 2 aromatic heterocycles. The molecule has 0 bridgehead atoms. The Morgan fingerprint density at radius 1 is 1.20 bits per heavy atom. The van der Waals surface area contributed by atoms with Crippen LogP contribution in [-0.2, 0) is 9.53 Å². The second-order valence-corrected chi connectivity index (χ2v) is 7.53. The maximum atomic E-state index is 12.3. The zero-order chi connectivity index (χ0) is 20.8. The Bertz CT molecular complexity index is 1170. The van der Waals surface area contributed by atoms with E-state index >= 15 is 0 Å². The highest BCUT2D eigenvalue weighted by Gasteiger charge is 2.42. The summed E-state index contributed by atoms with van der Waals surface area (Å²) in [7, 11) is 1.36. The smallest absolute Gasteiger partial charge is 0.337 e. The van der Waals surface area contributed by atoms with Crippen molar-refractivity contribution in [3.05, 3.63) is 65.1 Å². The molecule has 3 atom stereocenters. The third-order valence-electron chi connectivity index (χ3n) is 5.73. The normalized spacial score (nSPS) is 23.0. The molecule has 0 spiro atoms. The van der Waals surface area contributed by atoms with E-state index in [1.54, 1.807) is 29.0 Å². The van der Waals surface area contributed by atoms with Gasteiger partial charge in [-0.15, -0.1) is 0 Å². The van der Waals surface area contributed by atoms with Gasteiger partial charge < -0.3 is 10.1 Å². The number of benzene rings is 1. The highest BCUT2D eigenvalue weighted by Crippen LogP contribution is 2.55. The van der Waals surface area contributed by atoms with E-state index in [2.05, 4.69) is 20.7 Å². The summed E-state index contributed by atoms with van der Waals surface area (Å²) in [5, 5.41) is 9.48. The van der Waals surface area contributed by atoms with Crippen LogP contribution in [-0.4, -0.2) is 46.2 Å². The summed E-state index contributed by atoms with van der Waals surface area (Å²) < 4.78 is 6.44. The Labute approximate surface area is 171 Å². The van der Waals surface area contributed by atoms with Crippen molar-refractivity contribution < 1.29 is 19.1 Å². The number of urea groups is 1. The largest absolute Gasteiger partial charge is 0.465 e. The Morgan fingerprint density at radius 2 is 2.00 bits per heavy atom. The Morgan fingerprint density at radius 3 is 2.73 bits per heavy atom. The van der Waals surface area contributed by atoms with E-state index in [1.165, 1.54) is 7.11 Å². The molecule has 9 nitrogen and oxygen atoms in total. The molecule has 2 N–H and O–H groups in total. The molecule has 1 saturated carbocycles. The number of nitrogens with zero attached hydrogens (tertiary/aromatic N) is 3. The minimum Gasteiger partial charge on any atom is -0.465 e. The van der Waals surface area contributed by atoms with Gasteiger partial charge in [-0.25, -0.2) is 19.1 Å². The zero-order valence-electron chi connectivity index (χ0n) is 16.2. The van der Waals surface area contributed by atoms with E-state index in [4.69, 9.17) is 4.74 Å². The number of carbonyl (C=O) groups excluding carboxylic acids is 3. The standard InChI is InChI=1S/C21H19N5O4/c1-30-20(28)12-4-2-11(3-5-12)13-8-14(13)15-9-17(25-26-7-6-22-18(15)26)16-10-23-21(29)24-19(16)27/h2-7,9,13-14,16H,8,10H2,1H3,(H2,23,24,27,29)/t13-,14+,16?/m1/s1. The van der Waals surface area contributed by atoms with Crippen LogP contribution in [0.2, 0.25) is 0 Å². The highest BCUT2D eigenvalue weighted by molar-refractivity contribution is 6.00. The van der Waals surface area contributed by atoms with Gasteiger partial charge in [0, 0.05) is 24.5 Å². The lowest BCUT2D eigenvalue weighted by Gasteiger charge is -2.22. The summed E-state index contributed by atoms with van der Waals surface area (Å²) >= 11 is 0. The van der Waals surface area contributed by atoms with Gasteiger partial charge in [-0.2, -0.15) is 5.10 Å². The molecule has 1 aliphatic heterocycles. The van der Waals surface area contributed by atoms with E-state index < -0.39 is 11.9 Å². The predicted molar refractivity (Wildman–Crippen MR) is 105 cm³/mol. The number of fused-ring (bicyclic) bond motifs is 1. The fraction of sp³-hybridized carbons (Fsp3) is 0.286. The molecule has 3 heterocycles. The van der Waals surface area contributed by atoms with Gasteiger partial charge in [0.05, 0.1) is 24.3 Å². The number of hydrogen-bond donors (Lipinski definition) is 2. The molecule has 9 heteroatoms. The number of ether oxygens (including phenoxy) is 1. The molecule has 3 aromatic rings. The van der Waals surface area contributed by atoms with Crippen molar-refractivity contribution in [2.24, 2.45) is 0 Å². The molecule has 1 aliphatic carbocycles. The molecule has 0 radical (unpaired) electrons. The van der Waals surface area contributed by atoms with Crippen LogP contribution in [0.4, 0.5) is 4.79 Å². The summed E-state index contributed by atoms with van der Waals surface area (Å²) in [6.07, 6.45) is 4.38. The number of aromatic nitrogens is 3. The molecule has 1 saturated heterocycles. The van der Waals surface area contributed by atoms with Gasteiger partial charge in [-0.3, -0.25) is 10.1 Å². The van der Waals surface area contributed by atoms with Gasteiger partial charge in [0.1, 0.15) is 0 Å². The number of rotatable bonds is 4. The minimum atomic E-state index is -0.551. The number of amides is 3. The fourth-order valence-corrected chi connectivity index (χ4v) is 4.07. The van der Waals surface area contributed by atoms with Gasteiger partial charge in [-0.1, -0.05) is 12.1 Å². The summed E-state index contributed by atoms with van der Waals surface area (Å²) in [5.41, 5.74) is 4.04. The first-order chi connectivity index (χ1) is 14.5. The number of imidazole rings is 1. The van der Waals surface area contributed by atoms with Gasteiger partial charge >= 0.3 is 12.0 Å². The van der Waals surface area contributed by atoms with Crippen LogP contribution in [0.5, 0.6) is 0 Å². The maximum absolute atomic E-state index is 12.3. The average Bonchev–Trinajstić information content (AvgIpc) is 3.41. The Kier molecular flexibility index (Phi) is 4.23. The van der Waals surface area contributed by atoms with E-state index in [0.29, 0.717) is 17.2 Å². The SMILES string of the molecule is COC(=O)c1ccc([C@H]2C[C@@H]2c2cc(C3CNC(=O)NC3=O)nn3ccnc23)cc1. The topological polar surface area (TPSA) is 115 Å². The van der Waals surface area contributed by atoms with Crippen molar-refractivity contribution in [3.8, 4) is 0 Å². The number of imide groups is 1. The number of carbonyl (C=O) groups is 3. The molecular formula is C21H19N5O4. The monoisotopic (exact) mass is 405 g/mol. The molecular weight excluding hydrogens is 386 g/mol. The summed E-state index contributed by atoms with van der Waals surface area (Å²) in [6, 6.07) is 8.89. The molecule has 2 aliphatic rings. The summed E-state index contributed by atoms with van der Waals surface area (Å²) in [5.74, 6) is -0.731. The highest BCUT2D eigenvalue weighted by atomic mass is 16.5. The molecule has 30 heavy (non-hydrogen) atoms. The van der Waals surface area contributed by atoms with Crippen molar-refractivity contribution in [3.63, 3.8) is 0 Å². The lowest BCUT2D eigenvalue weighted by molar-refractivity contribution is -0.122. The maximum Gasteiger partial charge on any atom is 0.337 e. The van der Waals surface area contributed by atoms with E-state index in [9.17, 15) is 14.4 Å². The first-order valence-electron chi connectivity index (χ1n) is 9.66. The van der Waals surface area contributed by atoms with Crippen LogP contribution < -0.4 is 10.6 Å². The summed E-state index contributed by atoms with van der Waals surface area (Å²) in [6.45, 7) is 0.209. The Balaban J connectivity index is 1.45. The lowest BCUT2D eigenvalue weighted by Crippen LogP contribution is -2.51. The Hall–Kier alpha value is -3.75.